The molecule has 2 rings (SSSR count). The molecule has 0 unspecified atom stereocenters. The fourth-order valence-corrected chi connectivity index (χ4v) is 3.21. The van der Waals surface area contributed by atoms with Crippen molar-refractivity contribution in [1.29, 1.82) is 5.26 Å². The Morgan fingerprint density at radius 2 is 2.04 bits per heavy atom. The van der Waals surface area contributed by atoms with E-state index >= 15 is 0 Å². The fraction of sp³-hybridized carbons (Fsp3) is 0.300. The van der Waals surface area contributed by atoms with Crippen LogP contribution in [0.2, 0.25) is 0 Å². The maximum Gasteiger partial charge on any atom is 0.340 e. The van der Waals surface area contributed by atoms with Crippen molar-refractivity contribution < 1.29 is 14.3 Å². The predicted octanol–water partition coefficient (Wildman–Crippen LogP) is 3.16. The number of carbonyl (C=O) groups excluding carboxylic acids is 2. The van der Waals surface area contributed by atoms with Gasteiger partial charge < -0.3 is 10.1 Å². The second-order valence-corrected chi connectivity index (χ2v) is 6.76. The number of aryl methyl sites for hydroxylation is 2. The molecule has 27 heavy (non-hydrogen) atoms. The summed E-state index contributed by atoms with van der Waals surface area (Å²) in [6, 6.07) is 11.3. The summed E-state index contributed by atoms with van der Waals surface area (Å²) in [6.45, 7) is 6.08. The van der Waals surface area contributed by atoms with Crippen LogP contribution in [0.3, 0.4) is 0 Å². The van der Waals surface area contributed by atoms with Gasteiger partial charge in [-0.2, -0.15) is 5.26 Å². The molecule has 7 heteroatoms. The summed E-state index contributed by atoms with van der Waals surface area (Å²) in [5.41, 5.74) is 3.16. The number of aromatic nitrogens is 1. The molecule has 0 bridgehead atoms. The van der Waals surface area contributed by atoms with Gasteiger partial charge in [0.1, 0.15) is 11.1 Å². The summed E-state index contributed by atoms with van der Waals surface area (Å²) in [4.78, 5) is 28.4. The second kappa shape index (κ2) is 9.74. The molecule has 140 valence electrons. The highest BCUT2D eigenvalue weighted by atomic mass is 32.2. The molecule has 1 amide bonds. The molecule has 0 aliphatic heterocycles. The van der Waals surface area contributed by atoms with Gasteiger partial charge in [0.05, 0.1) is 29.2 Å². The second-order valence-electron chi connectivity index (χ2n) is 5.80. The summed E-state index contributed by atoms with van der Waals surface area (Å²) in [6.07, 6.45) is 0. The van der Waals surface area contributed by atoms with Crippen LogP contribution in [0.15, 0.2) is 35.4 Å². The number of rotatable bonds is 7. The van der Waals surface area contributed by atoms with Crippen molar-refractivity contribution in [3.05, 3.63) is 58.3 Å². The van der Waals surface area contributed by atoms with Crippen LogP contribution in [0.25, 0.3) is 0 Å². The van der Waals surface area contributed by atoms with Crippen LogP contribution in [0.1, 0.15) is 39.7 Å². The van der Waals surface area contributed by atoms with Crippen molar-refractivity contribution in [3.8, 4) is 6.07 Å². The third-order valence-corrected chi connectivity index (χ3v) is 4.86. The van der Waals surface area contributed by atoms with E-state index in [1.165, 1.54) is 17.8 Å². The summed E-state index contributed by atoms with van der Waals surface area (Å²) in [7, 11) is 0. The van der Waals surface area contributed by atoms with Crippen LogP contribution in [0.5, 0.6) is 0 Å². The number of nitrogens with zero attached hydrogens (tertiary/aromatic N) is 2. The Balaban J connectivity index is 2.01. The number of benzene rings is 1. The van der Waals surface area contributed by atoms with Gasteiger partial charge in [-0.05, 0) is 38.0 Å². The molecule has 0 aliphatic rings. The lowest BCUT2D eigenvalue weighted by molar-refractivity contribution is -0.118. The quantitative estimate of drug-likeness (QED) is 0.583. The largest absolute Gasteiger partial charge is 0.462 e. The first kappa shape index (κ1) is 20.5. The van der Waals surface area contributed by atoms with E-state index in [-0.39, 0.29) is 29.4 Å². The van der Waals surface area contributed by atoms with Gasteiger partial charge in [-0.25, -0.2) is 9.78 Å². The highest BCUT2D eigenvalue weighted by Gasteiger charge is 2.17. The maximum absolute atomic E-state index is 12.1. The maximum atomic E-state index is 12.1. The Bertz CT molecular complexity index is 891. The van der Waals surface area contributed by atoms with Crippen LogP contribution in [0, 0.1) is 25.2 Å². The topological polar surface area (TPSA) is 92.1 Å². The first-order valence-corrected chi connectivity index (χ1v) is 9.47. The van der Waals surface area contributed by atoms with Gasteiger partial charge in [0.15, 0.2) is 0 Å². The first-order valence-electron chi connectivity index (χ1n) is 8.49. The van der Waals surface area contributed by atoms with Crippen molar-refractivity contribution in [2.45, 2.75) is 32.3 Å². The minimum Gasteiger partial charge on any atom is -0.462 e. The molecule has 0 radical (unpaired) electrons. The van der Waals surface area contributed by atoms with Crippen molar-refractivity contribution in [3.63, 3.8) is 0 Å². The van der Waals surface area contributed by atoms with Crippen molar-refractivity contribution >= 4 is 23.6 Å². The third-order valence-electron chi connectivity index (χ3n) is 3.87. The highest BCUT2D eigenvalue weighted by Crippen LogP contribution is 2.23. The molecule has 0 atom stereocenters. The molecule has 0 saturated carbocycles. The van der Waals surface area contributed by atoms with Crippen LogP contribution >= 0.6 is 11.8 Å². The van der Waals surface area contributed by atoms with Gasteiger partial charge in [0.2, 0.25) is 5.91 Å². The SMILES string of the molecule is CCOC(=O)c1cc(C#N)c(SCC(=O)NCc2ccccc2C)nc1C. The van der Waals surface area contributed by atoms with Crippen LogP contribution < -0.4 is 5.32 Å². The monoisotopic (exact) mass is 383 g/mol. The minimum absolute atomic E-state index is 0.131. The number of ether oxygens (including phenoxy) is 1. The van der Waals surface area contributed by atoms with E-state index in [1.54, 1.807) is 13.8 Å². The zero-order valence-electron chi connectivity index (χ0n) is 15.5. The lowest BCUT2D eigenvalue weighted by atomic mass is 10.1. The molecule has 6 nitrogen and oxygen atoms in total. The molecule has 0 saturated heterocycles. The fourth-order valence-electron chi connectivity index (χ4n) is 2.38. The van der Waals surface area contributed by atoms with Gasteiger partial charge >= 0.3 is 5.97 Å². The molecular formula is C20H21N3O3S. The highest BCUT2D eigenvalue weighted by molar-refractivity contribution is 8.00. The minimum atomic E-state index is -0.508. The number of amides is 1. The number of carbonyl (C=O) groups is 2. The van der Waals surface area contributed by atoms with E-state index in [0.717, 1.165) is 11.1 Å². The van der Waals surface area contributed by atoms with Gasteiger partial charge in [0.25, 0.3) is 0 Å². The Morgan fingerprint density at radius 1 is 1.30 bits per heavy atom. The lowest BCUT2D eigenvalue weighted by Crippen LogP contribution is -2.25. The number of pyridine rings is 1. The molecule has 1 heterocycles. The van der Waals surface area contributed by atoms with Crippen molar-refractivity contribution in [2.75, 3.05) is 12.4 Å². The van der Waals surface area contributed by atoms with Crippen LogP contribution in [0.4, 0.5) is 0 Å². The van der Waals surface area contributed by atoms with Gasteiger partial charge in [-0.15, -0.1) is 0 Å². The Hall–Kier alpha value is -2.85. The molecule has 0 fully saturated rings. The molecule has 0 aliphatic carbocycles. The summed E-state index contributed by atoms with van der Waals surface area (Å²) >= 11 is 1.17. The molecular weight excluding hydrogens is 362 g/mol. The van der Waals surface area contributed by atoms with Crippen LogP contribution in [-0.4, -0.2) is 29.2 Å². The van der Waals surface area contributed by atoms with Crippen LogP contribution in [-0.2, 0) is 16.1 Å². The summed E-state index contributed by atoms with van der Waals surface area (Å²) in [5, 5.41) is 12.6. The van der Waals surface area contributed by atoms with Gasteiger partial charge in [-0.3, -0.25) is 4.79 Å². The lowest BCUT2D eigenvalue weighted by Gasteiger charge is -2.10. The number of nitrogens with one attached hydrogen (secondary N) is 1. The van der Waals surface area contributed by atoms with Gasteiger partial charge in [-0.1, -0.05) is 36.0 Å². The smallest absolute Gasteiger partial charge is 0.340 e. The Morgan fingerprint density at radius 3 is 2.70 bits per heavy atom. The number of hydrogen-bond acceptors (Lipinski definition) is 6. The Labute approximate surface area is 162 Å². The third kappa shape index (κ3) is 5.56. The number of esters is 1. The van der Waals surface area contributed by atoms with E-state index in [2.05, 4.69) is 10.3 Å². The molecule has 1 aromatic heterocycles. The normalized spacial score (nSPS) is 10.1. The van der Waals surface area contributed by atoms with E-state index < -0.39 is 5.97 Å². The zero-order valence-corrected chi connectivity index (χ0v) is 16.4. The van der Waals surface area contributed by atoms with Gasteiger partial charge in [0, 0.05) is 6.54 Å². The standard InChI is InChI=1S/C20H21N3O3S/c1-4-26-20(25)17-9-16(10-21)19(23-14(17)3)27-12-18(24)22-11-15-8-6-5-7-13(15)2/h5-9H,4,11-12H2,1-3H3,(H,22,24). The molecule has 2 aromatic rings. The summed E-state index contributed by atoms with van der Waals surface area (Å²) in [5.74, 6) is -0.529. The van der Waals surface area contributed by atoms with E-state index in [1.807, 2.05) is 37.3 Å². The summed E-state index contributed by atoms with van der Waals surface area (Å²) < 4.78 is 4.97. The average molecular weight is 383 g/mol. The molecule has 1 N–H and O–H groups in total. The first-order chi connectivity index (χ1) is 13.0. The predicted molar refractivity (Wildman–Crippen MR) is 103 cm³/mol. The van der Waals surface area contributed by atoms with Crippen molar-refractivity contribution in [2.24, 2.45) is 0 Å². The van der Waals surface area contributed by atoms with E-state index in [9.17, 15) is 14.9 Å². The average Bonchev–Trinajstić information content (AvgIpc) is 2.65. The number of nitriles is 1. The Kier molecular flexibility index (Phi) is 7.38. The number of thioether (sulfide) groups is 1. The number of hydrogen-bond donors (Lipinski definition) is 1. The van der Waals surface area contributed by atoms with Crippen molar-refractivity contribution in [1.82, 2.24) is 10.3 Å². The molecule has 1 aromatic carbocycles. The van der Waals surface area contributed by atoms with E-state index in [4.69, 9.17) is 4.74 Å². The zero-order chi connectivity index (χ0) is 19.8. The molecule has 0 spiro atoms. The van der Waals surface area contributed by atoms with E-state index in [0.29, 0.717) is 17.3 Å².